The molecule has 1 unspecified atom stereocenters. The van der Waals surface area contributed by atoms with E-state index >= 15 is 0 Å². The maximum atomic E-state index is 12.0. The van der Waals surface area contributed by atoms with E-state index in [2.05, 4.69) is 10.6 Å². The lowest BCUT2D eigenvalue weighted by Gasteiger charge is -2.19. The van der Waals surface area contributed by atoms with E-state index in [9.17, 15) is 9.59 Å². The Morgan fingerprint density at radius 3 is 2.72 bits per heavy atom. The molecule has 25 heavy (non-hydrogen) atoms. The van der Waals surface area contributed by atoms with Crippen molar-refractivity contribution in [3.63, 3.8) is 0 Å². The molecule has 0 saturated carbocycles. The van der Waals surface area contributed by atoms with Crippen LogP contribution < -0.4 is 15.4 Å². The van der Waals surface area contributed by atoms with E-state index in [1.807, 2.05) is 13.8 Å². The van der Waals surface area contributed by atoms with E-state index in [-0.39, 0.29) is 24.5 Å². The Morgan fingerprint density at radius 2 is 2.12 bits per heavy atom. The monoisotopic (exact) mass is 367 g/mol. The maximum absolute atomic E-state index is 12.0. The Hall–Kier alpha value is -1.79. The van der Waals surface area contributed by atoms with Gasteiger partial charge in [-0.15, -0.1) is 0 Å². The lowest BCUT2D eigenvalue weighted by atomic mass is 10.1. The zero-order valence-corrected chi connectivity index (χ0v) is 15.6. The Kier molecular flexibility index (Phi) is 7.52. The number of nitrogens with one attached hydrogen (secondary N) is 2. The summed E-state index contributed by atoms with van der Waals surface area (Å²) in [7, 11) is 0. The van der Waals surface area contributed by atoms with E-state index < -0.39 is 0 Å². The van der Waals surface area contributed by atoms with Crippen molar-refractivity contribution in [3.8, 4) is 5.75 Å². The van der Waals surface area contributed by atoms with Crippen molar-refractivity contribution in [2.75, 3.05) is 31.6 Å². The van der Waals surface area contributed by atoms with Gasteiger partial charge in [0.2, 0.25) is 5.91 Å². The third kappa shape index (κ3) is 5.90. The van der Waals surface area contributed by atoms with Gasteiger partial charge in [0.25, 0.3) is 5.91 Å². The van der Waals surface area contributed by atoms with Gasteiger partial charge in [-0.1, -0.05) is 11.6 Å². The molecule has 2 rings (SSSR count). The molecule has 1 aliphatic rings. The van der Waals surface area contributed by atoms with Crippen LogP contribution in [0.15, 0.2) is 18.2 Å². The number of rotatable bonds is 8. The SMILES string of the molecule is CCN(CC)C(=O)COc1ccc(NC(=O)CC2CCCN2)cc1Cl. The molecule has 1 saturated heterocycles. The molecule has 0 aromatic heterocycles. The van der Waals surface area contributed by atoms with Crippen LogP contribution in [0.2, 0.25) is 5.02 Å². The smallest absolute Gasteiger partial charge is 0.260 e. The van der Waals surface area contributed by atoms with Crippen LogP contribution in [0.5, 0.6) is 5.75 Å². The predicted molar refractivity (Wildman–Crippen MR) is 99.1 cm³/mol. The largest absolute Gasteiger partial charge is 0.482 e. The second kappa shape index (κ2) is 9.63. The first-order valence-electron chi connectivity index (χ1n) is 8.76. The third-order valence-electron chi connectivity index (χ3n) is 4.28. The first-order valence-corrected chi connectivity index (χ1v) is 9.14. The highest BCUT2D eigenvalue weighted by atomic mass is 35.5. The van der Waals surface area contributed by atoms with Gasteiger partial charge in [0.1, 0.15) is 5.75 Å². The van der Waals surface area contributed by atoms with Crippen molar-refractivity contribution >= 4 is 29.1 Å². The van der Waals surface area contributed by atoms with Crippen LogP contribution in [-0.4, -0.2) is 49.0 Å². The number of nitrogens with zero attached hydrogens (tertiary/aromatic N) is 1. The molecule has 1 aromatic carbocycles. The topological polar surface area (TPSA) is 70.7 Å². The molecule has 1 atom stereocenters. The van der Waals surface area contributed by atoms with Crippen molar-refractivity contribution < 1.29 is 14.3 Å². The molecular formula is C18H26ClN3O3. The highest BCUT2D eigenvalue weighted by molar-refractivity contribution is 6.32. The molecule has 6 nitrogen and oxygen atoms in total. The average Bonchev–Trinajstić information content (AvgIpc) is 3.08. The Labute approximate surface area is 153 Å². The summed E-state index contributed by atoms with van der Waals surface area (Å²) in [6.45, 7) is 6.06. The van der Waals surface area contributed by atoms with Crippen molar-refractivity contribution in [1.29, 1.82) is 0 Å². The van der Waals surface area contributed by atoms with E-state index in [0.29, 0.717) is 36.0 Å². The zero-order chi connectivity index (χ0) is 18.2. The number of hydrogen-bond acceptors (Lipinski definition) is 4. The lowest BCUT2D eigenvalue weighted by Crippen LogP contribution is -2.34. The fraction of sp³-hybridized carbons (Fsp3) is 0.556. The number of carbonyl (C=O) groups is 2. The van der Waals surface area contributed by atoms with Crippen LogP contribution >= 0.6 is 11.6 Å². The minimum atomic E-state index is -0.0810. The molecule has 2 amide bonds. The summed E-state index contributed by atoms with van der Waals surface area (Å²) in [5, 5.41) is 6.51. The van der Waals surface area contributed by atoms with Gasteiger partial charge in [0.05, 0.1) is 5.02 Å². The van der Waals surface area contributed by atoms with Crippen LogP contribution in [0, 0.1) is 0 Å². The van der Waals surface area contributed by atoms with Gasteiger partial charge in [-0.25, -0.2) is 0 Å². The highest BCUT2D eigenvalue weighted by Crippen LogP contribution is 2.28. The molecule has 138 valence electrons. The van der Waals surface area contributed by atoms with Gasteiger partial charge < -0.3 is 20.3 Å². The number of benzene rings is 1. The number of carbonyl (C=O) groups excluding carboxylic acids is 2. The molecule has 1 aliphatic heterocycles. The van der Waals surface area contributed by atoms with Crippen LogP contribution in [-0.2, 0) is 9.59 Å². The number of likely N-dealkylation sites (N-methyl/N-ethyl adjacent to an activating group) is 1. The molecule has 0 aliphatic carbocycles. The van der Waals surface area contributed by atoms with E-state index in [4.69, 9.17) is 16.3 Å². The van der Waals surface area contributed by atoms with Crippen molar-refractivity contribution in [2.24, 2.45) is 0 Å². The number of hydrogen-bond donors (Lipinski definition) is 2. The molecule has 0 radical (unpaired) electrons. The Morgan fingerprint density at radius 1 is 1.36 bits per heavy atom. The first-order chi connectivity index (χ1) is 12.0. The van der Waals surface area contributed by atoms with E-state index in [1.54, 1.807) is 23.1 Å². The van der Waals surface area contributed by atoms with Gasteiger partial charge in [-0.3, -0.25) is 9.59 Å². The summed E-state index contributed by atoms with van der Waals surface area (Å²) in [6, 6.07) is 5.28. The Balaban J connectivity index is 1.86. The first kappa shape index (κ1) is 19.5. The van der Waals surface area contributed by atoms with Crippen molar-refractivity contribution in [2.45, 2.75) is 39.2 Å². The van der Waals surface area contributed by atoms with Gasteiger partial charge >= 0.3 is 0 Å². The number of anilines is 1. The summed E-state index contributed by atoms with van der Waals surface area (Å²) in [6.07, 6.45) is 2.60. The standard InChI is InChI=1S/C18H26ClN3O3/c1-3-22(4-2)18(24)12-25-16-8-7-14(10-15(16)19)21-17(23)11-13-6-5-9-20-13/h7-8,10,13,20H,3-6,9,11-12H2,1-2H3,(H,21,23). The van der Waals surface area contributed by atoms with Gasteiger partial charge in [-0.2, -0.15) is 0 Å². The summed E-state index contributed by atoms with van der Waals surface area (Å²) >= 11 is 6.20. The normalized spacial score (nSPS) is 16.5. The molecule has 0 bridgehead atoms. The lowest BCUT2D eigenvalue weighted by molar-refractivity contribution is -0.133. The predicted octanol–water partition coefficient (Wildman–Crippen LogP) is 2.67. The maximum Gasteiger partial charge on any atom is 0.260 e. The summed E-state index contributed by atoms with van der Waals surface area (Å²) in [5.41, 5.74) is 0.621. The zero-order valence-electron chi connectivity index (χ0n) is 14.8. The second-order valence-electron chi connectivity index (χ2n) is 6.05. The van der Waals surface area contributed by atoms with Gasteiger partial charge in [-0.05, 0) is 51.4 Å². The number of ether oxygens (including phenoxy) is 1. The van der Waals surface area contributed by atoms with Gasteiger partial charge in [0.15, 0.2) is 6.61 Å². The summed E-state index contributed by atoms with van der Waals surface area (Å²) < 4.78 is 5.50. The second-order valence-corrected chi connectivity index (χ2v) is 6.45. The Bertz CT molecular complexity index is 599. The van der Waals surface area contributed by atoms with Crippen LogP contribution in [0.1, 0.15) is 33.1 Å². The molecule has 1 aromatic rings. The third-order valence-corrected chi connectivity index (χ3v) is 4.57. The van der Waals surface area contributed by atoms with Crippen LogP contribution in [0.4, 0.5) is 5.69 Å². The summed E-state index contributed by atoms with van der Waals surface area (Å²) in [5.74, 6) is 0.306. The number of halogens is 1. The van der Waals surface area contributed by atoms with Crippen molar-refractivity contribution in [1.82, 2.24) is 10.2 Å². The molecule has 0 spiro atoms. The molecule has 2 N–H and O–H groups in total. The summed E-state index contributed by atoms with van der Waals surface area (Å²) in [4.78, 5) is 25.7. The molecular weight excluding hydrogens is 342 g/mol. The van der Waals surface area contributed by atoms with E-state index in [0.717, 1.165) is 19.4 Å². The fourth-order valence-corrected chi connectivity index (χ4v) is 3.10. The minimum absolute atomic E-state index is 0.0409. The number of amides is 2. The molecule has 7 heteroatoms. The van der Waals surface area contributed by atoms with E-state index in [1.165, 1.54) is 0 Å². The quantitative estimate of drug-likeness (QED) is 0.741. The van der Waals surface area contributed by atoms with Gasteiger partial charge in [0, 0.05) is 31.2 Å². The van der Waals surface area contributed by atoms with Crippen LogP contribution in [0.25, 0.3) is 0 Å². The minimum Gasteiger partial charge on any atom is -0.482 e. The van der Waals surface area contributed by atoms with Crippen LogP contribution in [0.3, 0.4) is 0 Å². The van der Waals surface area contributed by atoms with Crippen molar-refractivity contribution in [3.05, 3.63) is 23.2 Å². The molecule has 1 heterocycles. The fourth-order valence-electron chi connectivity index (χ4n) is 2.87. The molecule has 1 fully saturated rings. The average molecular weight is 368 g/mol. The highest BCUT2D eigenvalue weighted by Gasteiger charge is 2.18.